The monoisotopic (exact) mass is 378 g/mol. The quantitative estimate of drug-likeness (QED) is 0.614. The number of hydrogen-bond donors (Lipinski definition) is 0. The lowest BCUT2D eigenvalue weighted by atomic mass is 10.5. The summed E-state index contributed by atoms with van der Waals surface area (Å²) in [5.74, 6) is 0. The van der Waals surface area contributed by atoms with Crippen LogP contribution in [0.5, 0.6) is 0 Å². The Morgan fingerprint density at radius 3 is 0.722 bits per heavy atom. The molecule has 0 aliphatic carbocycles. The first-order valence-corrected chi connectivity index (χ1v) is 5.70. The topological polar surface area (TPSA) is 25.8 Å². The molecule has 0 aliphatic heterocycles. The molecule has 2 heterocycles. The maximum Gasteiger partial charge on any atom is 0.0267 e. The molecule has 0 amide bonds. The van der Waals surface area contributed by atoms with E-state index in [9.17, 15) is 0 Å². The van der Waals surface area contributed by atoms with Gasteiger partial charge in [0.15, 0.2) is 0 Å². The van der Waals surface area contributed by atoms with Crippen molar-refractivity contribution >= 4 is 34.0 Å². The Morgan fingerprint density at radius 1 is 0.444 bits per heavy atom. The van der Waals surface area contributed by atoms with E-state index in [2.05, 4.69) is 9.97 Å². The molecule has 2 aromatic rings. The van der Waals surface area contributed by atoms with Crippen LogP contribution in [0.15, 0.2) is 61.2 Å². The summed E-state index contributed by atoms with van der Waals surface area (Å²) in [6, 6.07) is 11.4. The summed E-state index contributed by atoms with van der Waals surface area (Å²) in [5, 5.41) is 0. The first-order chi connectivity index (χ1) is 8.00. The van der Waals surface area contributed by atoms with Crippen molar-refractivity contribution in [1.29, 1.82) is 0 Å². The lowest BCUT2D eigenvalue weighted by molar-refractivity contribution is 1.33. The highest BCUT2D eigenvalue weighted by molar-refractivity contribution is 8.93. The van der Waals surface area contributed by atoms with Crippen molar-refractivity contribution in [2.45, 2.75) is 27.7 Å². The lowest BCUT2D eigenvalue weighted by Crippen LogP contribution is -1.58. The molecule has 0 bridgehead atoms. The van der Waals surface area contributed by atoms with Gasteiger partial charge in [0.2, 0.25) is 0 Å². The number of rotatable bonds is 0. The second kappa shape index (κ2) is 29.9. The molecular formula is C14H24Br2N2. The molecule has 0 spiro atoms. The number of aromatic nitrogens is 2. The molecule has 0 saturated carbocycles. The Bertz CT molecular complexity index is 193. The van der Waals surface area contributed by atoms with E-state index in [4.69, 9.17) is 0 Å². The summed E-state index contributed by atoms with van der Waals surface area (Å²) in [4.78, 5) is 7.57. The summed E-state index contributed by atoms with van der Waals surface area (Å²) in [6.45, 7) is 8.00. The van der Waals surface area contributed by atoms with Gasteiger partial charge in [0.05, 0.1) is 0 Å². The van der Waals surface area contributed by atoms with Crippen LogP contribution in [0.2, 0.25) is 0 Å². The van der Waals surface area contributed by atoms with Crippen molar-refractivity contribution in [3.63, 3.8) is 0 Å². The van der Waals surface area contributed by atoms with Gasteiger partial charge >= 0.3 is 0 Å². The van der Waals surface area contributed by atoms with Gasteiger partial charge < -0.3 is 0 Å². The number of pyridine rings is 2. The van der Waals surface area contributed by atoms with Crippen molar-refractivity contribution in [2.75, 3.05) is 0 Å². The van der Waals surface area contributed by atoms with E-state index >= 15 is 0 Å². The minimum absolute atomic E-state index is 0. The lowest BCUT2D eigenvalue weighted by Gasteiger charge is -1.70. The van der Waals surface area contributed by atoms with E-state index in [1.807, 2.05) is 64.1 Å². The molecule has 2 nitrogen and oxygen atoms in total. The van der Waals surface area contributed by atoms with Gasteiger partial charge in [-0.15, -0.1) is 34.0 Å². The molecule has 0 fully saturated rings. The summed E-state index contributed by atoms with van der Waals surface area (Å²) in [5.41, 5.74) is 0. The van der Waals surface area contributed by atoms with Crippen molar-refractivity contribution in [3.05, 3.63) is 61.2 Å². The molecule has 2 aromatic heterocycles. The molecule has 2 rings (SSSR count). The molecule has 0 radical (unpaired) electrons. The fraction of sp³-hybridized carbons (Fsp3) is 0.286. The SMILES string of the molecule is Br.Br.CC.CC.c1ccncc1.c1ccncc1. The average Bonchev–Trinajstić information content (AvgIpc) is 2.48. The zero-order chi connectivity index (χ0) is 12.5. The summed E-state index contributed by atoms with van der Waals surface area (Å²) >= 11 is 0. The summed E-state index contributed by atoms with van der Waals surface area (Å²) < 4.78 is 0. The van der Waals surface area contributed by atoms with Crippen molar-refractivity contribution in [2.24, 2.45) is 0 Å². The zero-order valence-electron chi connectivity index (χ0n) is 11.5. The van der Waals surface area contributed by atoms with E-state index in [1.54, 1.807) is 24.8 Å². The first-order valence-electron chi connectivity index (χ1n) is 5.70. The molecule has 0 aliphatic rings. The van der Waals surface area contributed by atoms with Gasteiger partial charge in [-0.25, -0.2) is 0 Å². The van der Waals surface area contributed by atoms with Gasteiger partial charge in [-0.1, -0.05) is 39.8 Å². The van der Waals surface area contributed by atoms with Crippen LogP contribution in [0, 0.1) is 0 Å². The van der Waals surface area contributed by atoms with Gasteiger partial charge in [-0.3, -0.25) is 9.97 Å². The smallest absolute Gasteiger partial charge is 0.0267 e. The van der Waals surface area contributed by atoms with Crippen molar-refractivity contribution in [3.8, 4) is 0 Å². The predicted molar refractivity (Wildman–Crippen MR) is 91.8 cm³/mol. The Morgan fingerprint density at radius 2 is 0.667 bits per heavy atom. The highest BCUT2D eigenvalue weighted by Crippen LogP contribution is 1.74. The third-order valence-electron chi connectivity index (χ3n) is 1.13. The number of hydrogen-bond acceptors (Lipinski definition) is 2. The minimum atomic E-state index is 0. The minimum Gasteiger partial charge on any atom is -0.265 e. The second-order valence-corrected chi connectivity index (χ2v) is 2.05. The molecule has 0 aromatic carbocycles. The van der Waals surface area contributed by atoms with Crippen LogP contribution in [-0.4, -0.2) is 9.97 Å². The van der Waals surface area contributed by atoms with Gasteiger partial charge in [-0.2, -0.15) is 0 Å². The van der Waals surface area contributed by atoms with Crippen molar-refractivity contribution in [1.82, 2.24) is 9.97 Å². The third kappa shape index (κ3) is 24.5. The fourth-order valence-electron chi connectivity index (χ4n) is 0.625. The molecule has 0 atom stereocenters. The van der Waals surface area contributed by atoms with E-state index in [-0.39, 0.29) is 34.0 Å². The molecule has 104 valence electrons. The van der Waals surface area contributed by atoms with E-state index in [0.717, 1.165) is 0 Å². The molecule has 4 heteroatoms. The van der Waals surface area contributed by atoms with Gasteiger partial charge in [0.25, 0.3) is 0 Å². The van der Waals surface area contributed by atoms with Crippen LogP contribution in [-0.2, 0) is 0 Å². The van der Waals surface area contributed by atoms with Gasteiger partial charge in [0.1, 0.15) is 0 Å². The maximum atomic E-state index is 3.78. The Labute approximate surface area is 132 Å². The van der Waals surface area contributed by atoms with Gasteiger partial charge in [-0.05, 0) is 24.3 Å². The van der Waals surface area contributed by atoms with Gasteiger partial charge in [0, 0.05) is 24.8 Å². The maximum absolute atomic E-state index is 3.78. The summed E-state index contributed by atoms with van der Waals surface area (Å²) in [7, 11) is 0. The molecule has 0 unspecified atom stereocenters. The van der Waals surface area contributed by atoms with Crippen LogP contribution in [0.3, 0.4) is 0 Å². The fourth-order valence-corrected chi connectivity index (χ4v) is 0.625. The molecular weight excluding hydrogens is 356 g/mol. The largest absolute Gasteiger partial charge is 0.265 e. The van der Waals surface area contributed by atoms with Crippen molar-refractivity contribution < 1.29 is 0 Å². The Kier molecular flexibility index (Phi) is 43.1. The normalized spacial score (nSPS) is 6.00. The first kappa shape index (κ1) is 26.0. The van der Waals surface area contributed by atoms with Crippen LogP contribution < -0.4 is 0 Å². The molecule has 18 heavy (non-hydrogen) atoms. The Hall–Kier alpha value is -0.740. The number of halogens is 2. The molecule has 0 saturated heterocycles. The Balaban J connectivity index is -0.0000000787. The van der Waals surface area contributed by atoms with E-state index in [0.29, 0.717) is 0 Å². The second-order valence-electron chi connectivity index (χ2n) is 2.05. The van der Waals surface area contributed by atoms with Crippen LogP contribution in [0.1, 0.15) is 27.7 Å². The zero-order valence-corrected chi connectivity index (χ0v) is 14.9. The predicted octanol–water partition coefficient (Wildman–Crippen LogP) is 5.37. The van der Waals surface area contributed by atoms with E-state index in [1.165, 1.54) is 0 Å². The third-order valence-corrected chi connectivity index (χ3v) is 1.13. The highest BCUT2D eigenvalue weighted by Gasteiger charge is 1.59. The standard InChI is InChI=1S/2C5H5N.2C2H6.2BrH/c2*1-2-4-6-5-3-1;2*1-2;;/h2*1-5H;2*1-2H3;2*1H. The average molecular weight is 380 g/mol. The molecule has 0 N–H and O–H groups in total. The highest BCUT2D eigenvalue weighted by atomic mass is 79.9. The van der Waals surface area contributed by atoms with Crippen LogP contribution in [0.4, 0.5) is 0 Å². The summed E-state index contributed by atoms with van der Waals surface area (Å²) in [6.07, 6.45) is 7.00. The number of nitrogens with zero attached hydrogens (tertiary/aromatic N) is 2. The van der Waals surface area contributed by atoms with Crippen LogP contribution in [0.25, 0.3) is 0 Å². The van der Waals surface area contributed by atoms with Crippen LogP contribution >= 0.6 is 34.0 Å². The van der Waals surface area contributed by atoms with E-state index < -0.39 is 0 Å².